The lowest BCUT2D eigenvalue weighted by Gasteiger charge is -2.42. The average Bonchev–Trinajstić information content (AvgIpc) is 3.63. The standard InChI is InChI=1S/C29H23F3N8O/c1-39-22-9-21(24-17(26(39)41)5-6-18(30)23(24)14-2-3-14)40-20-8-15(4-7-19(20)36-25(22)40)16-10-34-27(35-11-16)28(37-38-33)12-29(31,32)13-28/h4-8,10-11,14,21-22H,2-3,9,12-13H2,1H3/t21-,22-/m1/s1. The molecule has 2 atom stereocenters. The van der Waals surface area contributed by atoms with Gasteiger partial charge >= 0.3 is 0 Å². The largest absolute Gasteiger partial charge is 0.331 e. The van der Waals surface area contributed by atoms with Gasteiger partial charge in [0.25, 0.3) is 5.91 Å². The van der Waals surface area contributed by atoms with Crippen LogP contribution in [-0.4, -0.2) is 43.3 Å². The molecular weight excluding hydrogens is 533 g/mol. The van der Waals surface area contributed by atoms with Crippen LogP contribution in [0.1, 0.15) is 83.2 Å². The number of benzene rings is 2. The lowest BCUT2D eigenvalue weighted by Crippen LogP contribution is -2.48. The van der Waals surface area contributed by atoms with Gasteiger partial charge in [0, 0.05) is 54.7 Å². The third-order valence-corrected chi connectivity index (χ3v) is 9.08. The van der Waals surface area contributed by atoms with Crippen molar-refractivity contribution < 1.29 is 18.0 Å². The molecule has 2 bridgehead atoms. The molecule has 2 aromatic heterocycles. The summed E-state index contributed by atoms with van der Waals surface area (Å²) in [4.78, 5) is 31.5. The summed E-state index contributed by atoms with van der Waals surface area (Å²) in [6.07, 6.45) is 4.27. The van der Waals surface area contributed by atoms with Crippen molar-refractivity contribution in [3.8, 4) is 11.1 Å². The van der Waals surface area contributed by atoms with Crippen molar-refractivity contribution in [2.75, 3.05) is 7.05 Å². The molecule has 1 amide bonds. The summed E-state index contributed by atoms with van der Waals surface area (Å²) in [6, 6.07) is 8.29. The average molecular weight is 557 g/mol. The van der Waals surface area contributed by atoms with Crippen molar-refractivity contribution in [3.05, 3.63) is 87.3 Å². The van der Waals surface area contributed by atoms with Crippen LogP contribution in [0.3, 0.4) is 0 Å². The van der Waals surface area contributed by atoms with Crippen LogP contribution in [0.15, 0.2) is 47.8 Å². The number of alkyl halides is 2. The molecule has 4 aromatic rings. The van der Waals surface area contributed by atoms with Gasteiger partial charge in [-0.2, -0.15) is 0 Å². The highest BCUT2D eigenvalue weighted by Gasteiger charge is 2.59. The molecule has 0 unspecified atom stereocenters. The maximum absolute atomic E-state index is 15.3. The van der Waals surface area contributed by atoms with Gasteiger partial charge in [-0.3, -0.25) is 4.79 Å². The van der Waals surface area contributed by atoms with Crippen LogP contribution in [0.25, 0.3) is 32.6 Å². The van der Waals surface area contributed by atoms with Crippen molar-refractivity contribution in [2.24, 2.45) is 5.11 Å². The zero-order chi connectivity index (χ0) is 28.3. The van der Waals surface area contributed by atoms with Gasteiger partial charge in [0.15, 0.2) is 0 Å². The van der Waals surface area contributed by atoms with Gasteiger partial charge in [-0.1, -0.05) is 11.2 Å². The number of rotatable bonds is 4. The predicted octanol–water partition coefficient (Wildman–Crippen LogP) is 6.56. The lowest BCUT2D eigenvalue weighted by atomic mass is 9.73. The predicted molar refractivity (Wildman–Crippen MR) is 142 cm³/mol. The van der Waals surface area contributed by atoms with Gasteiger partial charge in [0.2, 0.25) is 5.92 Å². The summed E-state index contributed by atoms with van der Waals surface area (Å²) in [6.45, 7) is 0. The monoisotopic (exact) mass is 556 g/mol. The van der Waals surface area contributed by atoms with E-state index in [0.29, 0.717) is 23.1 Å². The topological polar surface area (TPSA) is 113 Å². The fourth-order valence-electron chi connectivity index (χ4n) is 7.01. The molecule has 0 radical (unpaired) electrons. The number of aromatic nitrogens is 4. The Kier molecular flexibility index (Phi) is 4.79. The van der Waals surface area contributed by atoms with E-state index in [2.05, 4.69) is 24.6 Å². The fraction of sp³-hybridized carbons (Fsp3) is 0.379. The second kappa shape index (κ2) is 8.07. The highest BCUT2D eigenvalue weighted by molar-refractivity contribution is 5.97. The third-order valence-electron chi connectivity index (χ3n) is 9.08. The first-order valence-electron chi connectivity index (χ1n) is 13.6. The van der Waals surface area contributed by atoms with Crippen molar-refractivity contribution in [2.45, 2.75) is 61.6 Å². The smallest absolute Gasteiger partial charge is 0.254 e. The number of azide groups is 1. The molecule has 2 aromatic carbocycles. The first kappa shape index (κ1) is 24.4. The van der Waals surface area contributed by atoms with Crippen LogP contribution in [0.2, 0.25) is 0 Å². The minimum absolute atomic E-state index is 0.0697. The van der Waals surface area contributed by atoms with Gasteiger partial charge < -0.3 is 9.47 Å². The molecule has 41 heavy (non-hydrogen) atoms. The summed E-state index contributed by atoms with van der Waals surface area (Å²) < 4.78 is 44.7. The Morgan fingerprint density at radius 1 is 1.05 bits per heavy atom. The van der Waals surface area contributed by atoms with Crippen LogP contribution >= 0.6 is 0 Å². The molecule has 9 nitrogen and oxygen atoms in total. The summed E-state index contributed by atoms with van der Waals surface area (Å²) >= 11 is 0. The van der Waals surface area contributed by atoms with E-state index >= 15 is 4.39 Å². The SMILES string of the molecule is CN1C(=O)c2ccc(F)c(C3CC3)c2[C@H]2C[C@@H]1c1nc3ccc(-c4cnc(C5(N=[N+]=[N-])CC(F)(F)C5)nc4)cc3n12. The maximum atomic E-state index is 15.3. The molecule has 4 aliphatic rings. The number of hydrogen-bond acceptors (Lipinski definition) is 5. The third kappa shape index (κ3) is 3.40. The van der Waals surface area contributed by atoms with Gasteiger partial charge in [-0.25, -0.2) is 28.1 Å². The molecular formula is C29H23F3N8O. The number of carbonyl (C=O) groups excluding carboxylic acids is 1. The van der Waals surface area contributed by atoms with Gasteiger partial charge in [-0.15, -0.1) is 0 Å². The highest BCUT2D eigenvalue weighted by atomic mass is 19.3. The Bertz CT molecular complexity index is 1830. The molecule has 12 heteroatoms. The molecule has 2 fully saturated rings. The van der Waals surface area contributed by atoms with Crippen LogP contribution in [0.4, 0.5) is 13.2 Å². The Morgan fingerprint density at radius 2 is 1.80 bits per heavy atom. The minimum atomic E-state index is -2.92. The molecule has 0 N–H and O–H groups in total. The molecule has 2 aliphatic carbocycles. The number of carbonyl (C=O) groups is 1. The van der Waals surface area contributed by atoms with E-state index in [9.17, 15) is 13.6 Å². The number of nitrogens with zero attached hydrogens (tertiary/aromatic N) is 8. The van der Waals surface area contributed by atoms with E-state index < -0.39 is 24.3 Å². The molecule has 4 heterocycles. The van der Waals surface area contributed by atoms with E-state index in [0.717, 1.165) is 40.8 Å². The summed E-state index contributed by atoms with van der Waals surface area (Å²) in [5.41, 5.74) is 12.5. The van der Waals surface area contributed by atoms with Gasteiger partial charge in [-0.05, 0) is 65.2 Å². The van der Waals surface area contributed by atoms with Gasteiger partial charge in [0.1, 0.15) is 23.0 Å². The molecule has 206 valence electrons. The van der Waals surface area contributed by atoms with Crippen molar-refractivity contribution >= 4 is 16.9 Å². The number of halogens is 3. The van der Waals surface area contributed by atoms with E-state index in [-0.39, 0.29) is 35.6 Å². The summed E-state index contributed by atoms with van der Waals surface area (Å²) in [7, 11) is 1.78. The molecule has 2 aliphatic heterocycles. The van der Waals surface area contributed by atoms with Crippen molar-refractivity contribution in [1.29, 1.82) is 0 Å². The van der Waals surface area contributed by atoms with E-state index in [4.69, 9.17) is 10.5 Å². The zero-order valence-corrected chi connectivity index (χ0v) is 21.9. The number of imidazole rings is 1. The number of hydrogen-bond donors (Lipinski definition) is 0. The quantitative estimate of drug-likeness (QED) is 0.161. The Balaban J connectivity index is 1.24. The number of amides is 1. The first-order chi connectivity index (χ1) is 19.7. The van der Waals surface area contributed by atoms with E-state index in [1.54, 1.807) is 30.4 Å². The zero-order valence-electron chi connectivity index (χ0n) is 21.9. The number of fused-ring (bicyclic) bond motifs is 9. The molecule has 0 saturated heterocycles. The fourth-order valence-corrected chi connectivity index (χ4v) is 7.01. The van der Waals surface area contributed by atoms with Crippen molar-refractivity contribution in [3.63, 3.8) is 0 Å². The van der Waals surface area contributed by atoms with Crippen LogP contribution in [0.5, 0.6) is 0 Å². The maximum Gasteiger partial charge on any atom is 0.254 e. The Labute approximate surface area is 231 Å². The normalized spacial score (nSPS) is 23.4. The first-order valence-corrected chi connectivity index (χ1v) is 13.6. The van der Waals surface area contributed by atoms with Gasteiger partial charge in [0.05, 0.1) is 23.1 Å². The summed E-state index contributed by atoms with van der Waals surface area (Å²) in [5, 5.41) is 3.61. The Hall–Kier alpha value is -4.44. The molecule has 2 saturated carbocycles. The van der Waals surface area contributed by atoms with Crippen LogP contribution in [-0.2, 0) is 5.54 Å². The molecule has 0 spiro atoms. The lowest BCUT2D eigenvalue weighted by molar-refractivity contribution is -0.127. The second-order valence-corrected chi connectivity index (χ2v) is 11.6. The highest BCUT2D eigenvalue weighted by Crippen LogP contribution is 2.54. The van der Waals surface area contributed by atoms with E-state index in [1.165, 1.54) is 6.07 Å². The second-order valence-electron chi connectivity index (χ2n) is 11.6. The van der Waals surface area contributed by atoms with Crippen LogP contribution < -0.4 is 0 Å². The Morgan fingerprint density at radius 3 is 2.49 bits per heavy atom. The minimum Gasteiger partial charge on any atom is -0.331 e. The van der Waals surface area contributed by atoms with Crippen molar-refractivity contribution in [1.82, 2.24) is 24.4 Å². The van der Waals surface area contributed by atoms with Crippen LogP contribution in [0, 0.1) is 5.82 Å². The van der Waals surface area contributed by atoms with E-state index in [1.807, 2.05) is 18.2 Å². The molecule has 8 rings (SSSR count). The summed E-state index contributed by atoms with van der Waals surface area (Å²) in [5.74, 6) is -2.34.